The SMILES string of the molecule is CCCC(C)NC(=O)CN1CCNCC1CN. The van der Waals surface area contributed by atoms with Crippen LogP contribution in [0.25, 0.3) is 0 Å². The molecule has 0 aromatic carbocycles. The molecule has 0 spiro atoms. The Morgan fingerprint density at radius 2 is 2.41 bits per heavy atom. The van der Waals surface area contributed by atoms with Crippen molar-refractivity contribution < 1.29 is 4.79 Å². The monoisotopic (exact) mass is 242 g/mol. The second-order valence-electron chi connectivity index (χ2n) is 4.82. The van der Waals surface area contributed by atoms with Gasteiger partial charge in [-0.25, -0.2) is 0 Å². The second-order valence-corrected chi connectivity index (χ2v) is 4.82. The van der Waals surface area contributed by atoms with Gasteiger partial charge in [0.25, 0.3) is 0 Å². The zero-order valence-corrected chi connectivity index (χ0v) is 11.0. The van der Waals surface area contributed by atoms with Crippen LogP contribution >= 0.6 is 0 Å². The van der Waals surface area contributed by atoms with Crippen molar-refractivity contribution in [3.8, 4) is 0 Å². The lowest BCUT2D eigenvalue weighted by Gasteiger charge is -2.35. The van der Waals surface area contributed by atoms with Crippen LogP contribution in [0.3, 0.4) is 0 Å². The molecule has 4 N–H and O–H groups in total. The zero-order chi connectivity index (χ0) is 12.7. The smallest absolute Gasteiger partial charge is 0.234 e. The summed E-state index contributed by atoms with van der Waals surface area (Å²) >= 11 is 0. The van der Waals surface area contributed by atoms with Crippen molar-refractivity contribution in [3.63, 3.8) is 0 Å². The van der Waals surface area contributed by atoms with Crippen molar-refractivity contribution in [1.29, 1.82) is 0 Å². The van der Waals surface area contributed by atoms with Crippen LogP contribution in [0.2, 0.25) is 0 Å². The van der Waals surface area contributed by atoms with E-state index in [-0.39, 0.29) is 18.0 Å². The number of hydrogen-bond donors (Lipinski definition) is 3. The lowest BCUT2D eigenvalue weighted by atomic mass is 10.1. The number of nitrogens with two attached hydrogens (primary N) is 1. The van der Waals surface area contributed by atoms with E-state index in [0.29, 0.717) is 13.1 Å². The summed E-state index contributed by atoms with van der Waals surface area (Å²) in [5.74, 6) is 0.117. The van der Waals surface area contributed by atoms with E-state index in [1.807, 2.05) is 0 Å². The number of carbonyl (C=O) groups excluding carboxylic acids is 1. The topological polar surface area (TPSA) is 70.4 Å². The van der Waals surface area contributed by atoms with Crippen molar-refractivity contribution in [1.82, 2.24) is 15.5 Å². The summed E-state index contributed by atoms with van der Waals surface area (Å²) < 4.78 is 0. The number of amides is 1. The van der Waals surface area contributed by atoms with Crippen molar-refractivity contribution >= 4 is 5.91 Å². The summed E-state index contributed by atoms with van der Waals surface area (Å²) in [5, 5.41) is 6.33. The van der Waals surface area contributed by atoms with E-state index in [0.717, 1.165) is 32.5 Å². The molecule has 1 saturated heterocycles. The van der Waals surface area contributed by atoms with E-state index in [9.17, 15) is 4.79 Å². The summed E-state index contributed by atoms with van der Waals surface area (Å²) in [4.78, 5) is 14.0. The van der Waals surface area contributed by atoms with Gasteiger partial charge < -0.3 is 16.4 Å². The number of nitrogens with one attached hydrogen (secondary N) is 2. The van der Waals surface area contributed by atoms with Gasteiger partial charge in [0.1, 0.15) is 0 Å². The van der Waals surface area contributed by atoms with Gasteiger partial charge in [0.2, 0.25) is 5.91 Å². The molecule has 0 aromatic heterocycles. The van der Waals surface area contributed by atoms with Crippen LogP contribution < -0.4 is 16.4 Å². The number of piperazine rings is 1. The normalized spacial score (nSPS) is 23.4. The van der Waals surface area contributed by atoms with E-state index in [1.54, 1.807) is 0 Å². The molecule has 17 heavy (non-hydrogen) atoms. The second kappa shape index (κ2) is 7.63. The third-order valence-electron chi connectivity index (χ3n) is 3.22. The fourth-order valence-electron chi connectivity index (χ4n) is 2.25. The Morgan fingerprint density at radius 3 is 3.06 bits per heavy atom. The van der Waals surface area contributed by atoms with E-state index in [1.165, 1.54) is 0 Å². The molecule has 1 heterocycles. The molecule has 1 amide bonds. The lowest BCUT2D eigenvalue weighted by Crippen LogP contribution is -2.57. The molecule has 2 atom stereocenters. The molecular formula is C12H26N4O. The van der Waals surface area contributed by atoms with Gasteiger partial charge in [-0.2, -0.15) is 0 Å². The van der Waals surface area contributed by atoms with Crippen LogP contribution in [-0.4, -0.2) is 55.6 Å². The number of rotatable bonds is 6. The summed E-state index contributed by atoms with van der Waals surface area (Å²) in [6.07, 6.45) is 2.13. The van der Waals surface area contributed by atoms with Crippen LogP contribution in [0, 0.1) is 0 Å². The molecule has 0 aliphatic carbocycles. The molecule has 5 heteroatoms. The molecule has 1 aliphatic heterocycles. The molecule has 0 saturated carbocycles. The third-order valence-corrected chi connectivity index (χ3v) is 3.22. The molecule has 0 bridgehead atoms. The van der Waals surface area contributed by atoms with Gasteiger partial charge >= 0.3 is 0 Å². The summed E-state index contributed by atoms with van der Waals surface area (Å²) in [6.45, 7) is 7.98. The fourth-order valence-corrected chi connectivity index (χ4v) is 2.25. The largest absolute Gasteiger partial charge is 0.353 e. The maximum Gasteiger partial charge on any atom is 0.234 e. The average Bonchev–Trinajstić information content (AvgIpc) is 2.29. The van der Waals surface area contributed by atoms with Crippen molar-refractivity contribution in [2.24, 2.45) is 5.73 Å². The maximum absolute atomic E-state index is 11.8. The minimum Gasteiger partial charge on any atom is -0.353 e. The predicted molar refractivity (Wildman–Crippen MR) is 69.8 cm³/mol. The Kier molecular flexibility index (Phi) is 6.47. The number of carbonyl (C=O) groups is 1. The Balaban J connectivity index is 2.33. The molecule has 0 aromatic rings. The van der Waals surface area contributed by atoms with Crippen molar-refractivity contribution in [2.75, 3.05) is 32.7 Å². The van der Waals surface area contributed by atoms with Crippen LogP contribution in [0.15, 0.2) is 0 Å². The van der Waals surface area contributed by atoms with E-state index < -0.39 is 0 Å². The quantitative estimate of drug-likeness (QED) is 0.588. The molecule has 1 rings (SSSR count). The highest BCUT2D eigenvalue weighted by molar-refractivity contribution is 5.78. The molecule has 5 nitrogen and oxygen atoms in total. The summed E-state index contributed by atoms with van der Waals surface area (Å²) in [5.41, 5.74) is 5.70. The predicted octanol–water partition coefficient (Wildman–Crippen LogP) is -0.476. The van der Waals surface area contributed by atoms with Gasteiger partial charge in [-0.15, -0.1) is 0 Å². The van der Waals surface area contributed by atoms with Crippen LogP contribution in [-0.2, 0) is 4.79 Å². The Hall–Kier alpha value is -0.650. The Morgan fingerprint density at radius 1 is 1.65 bits per heavy atom. The van der Waals surface area contributed by atoms with Gasteiger partial charge in [-0.05, 0) is 13.3 Å². The molecule has 1 aliphatic rings. The third kappa shape index (κ3) is 5.02. The van der Waals surface area contributed by atoms with E-state index in [2.05, 4.69) is 29.4 Å². The van der Waals surface area contributed by atoms with Crippen LogP contribution in [0.4, 0.5) is 0 Å². The van der Waals surface area contributed by atoms with Crippen molar-refractivity contribution in [3.05, 3.63) is 0 Å². The fraction of sp³-hybridized carbons (Fsp3) is 0.917. The average molecular weight is 242 g/mol. The minimum atomic E-state index is 0.117. The number of hydrogen-bond acceptors (Lipinski definition) is 4. The van der Waals surface area contributed by atoms with Gasteiger partial charge in [-0.3, -0.25) is 9.69 Å². The minimum absolute atomic E-state index is 0.117. The summed E-state index contributed by atoms with van der Waals surface area (Å²) in [6, 6.07) is 0.558. The summed E-state index contributed by atoms with van der Waals surface area (Å²) in [7, 11) is 0. The molecular weight excluding hydrogens is 216 g/mol. The van der Waals surface area contributed by atoms with Crippen molar-refractivity contribution in [2.45, 2.75) is 38.8 Å². The van der Waals surface area contributed by atoms with Crippen LogP contribution in [0.5, 0.6) is 0 Å². The molecule has 100 valence electrons. The van der Waals surface area contributed by atoms with E-state index in [4.69, 9.17) is 5.73 Å². The zero-order valence-electron chi connectivity index (χ0n) is 11.0. The van der Waals surface area contributed by atoms with Gasteiger partial charge in [0, 0.05) is 38.3 Å². The Labute approximate surface area is 104 Å². The lowest BCUT2D eigenvalue weighted by molar-refractivity contribution is -0.123. The highest BCUT2D eigenvalue weighted by Crippen LogP contribution is 2.02. The standard InChI is InChI=1S/C12H26N4O/c1-3-4-10(2)15-12(17)9-16-6-5-14-8-11(16)7-13/h10-11,14H,3-9,13H2,1-2H3,(H,15,17). The van der Waals surface area contributed by atoms with Gasteiger partial charge in [-0.1, -0.05) is 13.3 Å². The molecule has 2 unspecified atom stereocenters. The van der Waals surface area contributed by atoms with Crippen LogP contribution in [0.1, 0.15) is 26.7 Å². The Bertz CT molecular complexity index is 235. The highest BCUT2D eigenvalue weighted by Gasteiger charge is 2.22. The van der Waals surface area contributed by atoms with Gasteiger partial charge in [0.05, 0.1) is 6.54 Å². The number of nitrogens with zero attached hydrogens (tertiary/aromatic N) is 1. The van der Waals surface area contributed by atoms with Gasteiger partial charge in [0.15, 0.2) is 0 Å². The first-order chi connectivity index (χ1) is 8.17. The molecule has 1 fully saturated rings. The maximum atomic E-state index is 11.8. The first-order valence-electron chi connectivity index (χ1n) is 6.61. The first-order valence-corrected chi connectivity index (χ1v) is 6.61. The van der Waals surface area contributed by atoms with E-state index >= 15 is 0 Å². The molecule has 0 radical (unpaired) electrons. The highest BCUT2D eigenvalue weighted by atomic mass is 16.2. The first kappa shape index (κ1) is 14.4.